The van der Waals surface area contributed by atoms with Gasteiger partial charge in [0.1, 0.15) is 13.5 Å². The summed E-state index contributed by atoms with van der Waals surface area (Å²) in [6, 6.07) is -1.11. The molecule has 0 aromatic carbocycles. The van der Waals surface area contributed by atoms with E-state index >= 15 is 0 Å². The molecule has 0 fully saturated rings. The predicted octanol–water partition coefficient (Wildman–Crippen LogP) is 1.80. The van der Waals surface area contributed by atoms with E-state index in [1.807, 2.05) is 0 Å². The van der Waals surface area contributed by atoms with Crippen molar-refractivity contribution in [3.8, 4) is 0 Å². The Morgan fingerprint density at radius 1 is 1.07 bits per heavy atom. The standard InChI is InChI=1S/C15H30N3O7P.2CH4/c1-6-23-14(20)10-12(15(21)24-7-2)18-13(19)11-17-26(5,16-3)25-9-8-22-4;;/h12,17H,6-11H2,1-5H3,(H,18,19);2*1H4. The van der Waals surface area contributed by atoms with Crippen LogP contribution in [0.3, 0.4) is 0 Å². The first-order valence-corrected chi connectivity index (χ1v) is 10.4. The largest absolute Gasteiger partial charge is 0.466 e. The van der Waals surface area contributed by atoms with Crippen molar-refractivity contribution in [2.45, 2.75) is 41.2 Å². The summed E-state index contributed by atoms with van der Waals surface area (Å²) in [5.41, 5.74) is 0. The van der Waals surface area contributed by atoms with Crippen LogP contribution in [0.1, 0.15) is 35.1 Å². The maximum absolute atomic E-state index is 12.2. The summed E-state index contributed by atoms with van der Waals surface area (Å²) in [5, 5.41) is 5.42. The zero-order valence-corrected chi connectivity index (χ0v) is 17.0. The predicted molar refractivity (Wildman–Crippen MR) is 110 cm³/mol. The highest BCUT2D eigenvalue weighted by atomic mass is 31.2. The molecular weight excluding hydrogens is 389 g/mol. The molecule has 0 aromatic heterocycles. The van der Waals surface area contributed by atoms with Crippen molar-refractivity contribution >= 4 is 25.3 Å². The number of amides is 1. The lowest BCUT2D eigenvalue weighted by Gasteiger charge is -2.22. The smallest absolute Gasteiger partial charge is 0.329 e. The van der Waals surface area contributed by atoms with E-state index in [0.717, 1.165) is 0 Å². The average molecular weight is 427 g/mol. The van der Waals surface area contributed by atoms with Crippen LogP contribution in [-0.2, 0) is 33.1 Å². The topological polar surface area (TPSA) is 125 Å². The van der Waals surface area contributed by atoms with Gasteiger partial charge < -0.3 is 24.1 Å². The van der Waals surface area contributed by atoms with Gasteiger partial charge in [0, 0.05) is 20.8 Å². The minimum Gasteiger partial charge on any atom is -0.466 e. The molecule has 2 N–H and O–H groups in total. The van der Waals surface area contributed by atoms with E-state index in [9.17, 15) is 14.4 Å². The molecule has 1 amide bonds. The summed E-state index contributed by atoms with van der Waals surface area (Å²) < 4.78 is 24.4. The van der Waals surface area contributed by atoms with Crippen LogP contribution in [0.4, 0.5) is 0 Å². The first-order chi connectivity index (χ1) is 12.3. The van der Waals surface area contributed by atoms with Crippen LogP contribution in [0.2, 0.25) is 0 Å². The molecule has 0 rings (SSSR count). The SMILES string of the molecule is C.C.CCOC(=O)CC(NC(=O)CNP(C)(=NC)OCCOC)C(=O)OCC. The highest BCUT2D eigenvalue weighted by molar-refractivity contribution is 7.58. The van der Waals surface area contributed by atoms with E-state index in [-0.39, 0.29) is 41.0 Å². The molecule has 0 saturated carbocycles. The van der Waals surface area contributed by atoms with Gasteiger partial charge in [0.2, 0.25) is 5.91 Å². The number of methoxy groups -OCH3 is 1. The fourth-order valence-corrected chi connectivity index (χ4v) is 2.97. The van der Waals surface area contributed by atoms with Crippen LogP contribution >= 0.6 is 7.43 Å². The Morgan fingerprint density at radius 3 is 2.18 bits per heavy atom. The van der Waals surface area contributed by atoms with Crippen molar-refractivity contribution in [2.75, 3.05) is 53.8 Å². The molecule has 0 aliphatic rings. The number of carbonyl (C=O) groups is 3. The summed E-state index contributed by atoms with van der Waals surface area (Å²) in [6.07, 6.45) is -0.298. The second-order valence-electron chi connectivity index (χ2n) is 5.12. The van der Waals surface area contributed by atoms with Gasteiger partial charge in [-0.3, -0.25) is 19.4 Å². The summed E-state index contributed by atoms with van der Waals surface area (Å²) >= 11 is 0. The van der Waals surface area contributed by atoms with Gasteiger partial charge in [0.25, 0.3) is 0 Å². The Bertz CT molecular complexity index is 515. The maximum atomic E-state index is 12.2. The number of nitrogens with one attached hydrogen (secondary N) is 2. The molecule has 0 aliphatic heterocycles. The van der Waals surface area contributed by atoms with Crippen LogP contribution < -0.4 is 10.4 Å². The van der Waals surface area contributed by atoms with Gasteiger partial charge in [-0.05, 0) is 13.8 Å². The molecule has 0 saturated heterocycles. The highest BCUT2D eigenvalue weighted by Crippen LogP contribution is 2.40. The maximum Gasteiger partial charge on any atom is 0.329 e. The third-order valence-corrected chi connectivity index (χ3v) is 5.32. The van der Waals surface area contributed by atoms with Crippen LogP contribution in [0.15, 0.2) is 4.74 Å². The van der Waals surface area contributed by atoms with Crippen molar-refractivity contribution in [3.05, 3.63) is 0 Å². The summed E-state index contributed by atoms with van der Waals surface area (Å²) in [7, 11) is 0.823. The third-order valence-electron chi connectivity index (χ3n) is 3.13. The molecule has 28 heavy (non-hydrogen) atoms. The molecule has 0 radical (unpaired) electrons. The Balaban J connectivity index is -0.00000312. The lowest BCUT2D eigenvalue weighted by molar-refractivity contribution is -0.153. The van der Waals surface area contributed by atoms with E-state index in [2.05, 4.69) is 15.1 Å². The van der Waals surface area contributed by atoms with Gasteiger partial charge in [-0.25, -0.2) is 4.79 Å². The zero-order valence-electron chi connectivity index (χ0n) is 16.1. The van der Waals surface area contributed by atoms with Crippen LogP contribution in [0, 0.1) is 0 Å². The van der Waals surface area contributed by atoms with Crippen LogP contribution in [-0.4, -0.2) is 77.7 Å². The van der Waals surface area contributed by atoms with Gasteiger partial charge in [0.15, 0.2) is 0 Å². The first-order valence-electron chi connectivity index (χ1n) is 8.29. The van der Waals surface area contributed by atoms with Crippen molar-refractivity contribution in [2.24, 2.45) is 4.74 Å². The van der Waals surface area contributed by atoms with E-state index in [0.29, 0.717) is 13.2 Å². The van der Waals surface area contributed by atoms with Crippen molar-refractivity contribution in [3.63, 3.8) is 0 Å². The van der Waals surface area contributed by atoms with E-state index in [1.165, 1.54) is 0 Å². The van der Waals surface area contributed by atoms with E-state index < -0.39 is 31.3 Å². The lowest BCUT2D eigenvalue weighted by atomic mass is 10.2. The van der Waals surface area contributed by atoms with E-state index in [1.54, 1.807) is 34.7 Å². The summed E-state index contributed by atoms with van der Waals surface area (Å²) in [6.45, 7) is 5.98. The summed E-state index contributed by atoms with van der Waals surface area (Å²) in [4.78, 5) is 35.7. The normalized spacial score (nSPS) is 13.0. The molecule has 0 aliphatic carbocycles. The molecule has 0 spiro atoms. The van der Waals surface area contributed by atoms with Gasteiger partial charge >= 0.3 is 11.9 Å². The molecule has 0 bridgehead atoms. The molecule has 0 heterocycles. The zero-order chi connectivity index (χ0) is 20.0. The molecule has 10 nitrogen and oxygen atoms in total. The minimum atomic E-state index is -2.33. The molecule has 168 valence electrons. The number of rotatable bonds is 13. The Labute approximate surface area is 169 Å². The number of esters is 2. The van der Waals surface area contributed by atoms with Gasteiger partial charge in [0.05, 0.1) is 39.4 Å². The van der Waals surface area contributed by atoms with Gasteiger partial charge in [-0.1, -0.05) is 14.9 Å². The monoisotopic (exact) mass is 427 g/mol. The number of ether oxygens (including phenoxy) is 3. The molecule has 2 unspecified atom stereocenters. The van der Waals surface area contributed by atoms with Crippen molar-refractivity contribution in [1.29, 1.82) is 0 Å². The average Bonchev–Trinajstić information content (AvgIpc) is 2.60. The third kappa shape index (κ3) is 13.7. The fourth-order valence-electron chi connectivity index (χ4n) is 1.76. The number of hydrogen-bond donors (Lipinski definition) is 2. The number of nitrogens with zero attached hydrogens (tertiary/aromatic N) is 1. The Kier molecular flexibility index (Phi) is 19.6. The quantitative estimate of drug-likeness (QED) is 0.259. The van der Waals surface area contributed by atoms with Crippen LogP contribution in [0.25, 0.3) is 0 Å². The molecule has 2 atom stereocenters. The number of hydrogen-bond acceptors (Lipinski definition) is 8. The second-order valence-corrected chi connectivity index (χ2v) is 7.85. The van der Waals surface area contributed by atoms with E-state index in [4.69, 9.17) is 18.7 Å². The van der Waals surface area contributed by atoms with Crippen molar-refractivity contribution in [1.82, 2.24) is 10.4 Å². The molecule has 11 heteroatoms. The minimum absolute atomic E-state index is 0. The highest BCUT2D eigenvalue weighted by Gasteiger charge is 2.26. The lowest BCUT2D eigenvalue weighted by Crippen LogP contribution is -2.46. The van der Waals surface area contributed by atoms with Crippen molar-refractivity contribution < 1.29 is 33.1 Å². The second kappa shape index (κ2) is 17.6. The first kappa shape index (κ1) is 31.2. The number of carbonyl (C=O) groups excluding carboxylic acids is 3. The fraction of sp³-hybridized carbons (Fsp3) is 0.824. The summed E-state index contributed by atoms with van der Waals surface area (Å²) in [5.74, 6) is -1.77. The Morgan fingerprint density at radius 2 is 1.68 bits per heavy atom. The van der Waals surface area contributed by atoms with Gasteiger partial charge in [-0.15, -0.1) is 0 Å². The molecule has 0 aromatic rings. The van der Waals surface area contributed by atoms with Gasteiger partial charge in [-0.2, -0.15) is 0 Å². The Hall–Kier alpha value is -1.48. The molecular formula is C17H38N3O7P. The van der Waals surface area contributed by atoms with Crippen LogP contribution in [0.5, 0.6) is 0 Å².